The second-order valence-corrected chi connectivity index (χ2v) is 9.33. The number of rotatable bonds is 6. The summed E-state index contributed by atoms with van der Waals surface area (Å²) >= 11 is 1.46. The number of carbonyl (C=O) groups is 1. The van der Waals surface area contributed by atoms with Gasteiger partial charge in [0.1, 0.15) is 0 Å². The molecule has 2 aliphatic heterocycles. The van der Waals surface area contributed by atoms with E-state index in [1.807, 2.05) is 59.5 Å². The molecule has 0 N–H and O–H groups in total. The van der Waals surface area contributed by atoms with E-state index in [-0.39, 0.29) is 5.91 Å². The summed E-state index contributed by atoms with van der Waals surface area (Å²) in [4.78, 5) is 23.1. The molecule has 0 aliphatic carbocycles. The summed E-state index contributed by atoms with van der Waals surface area (Å²) in [6.07, 6.45) is 5.31. The van der Waals surface area contributed by atoms with E-state index in [0.717, 1.165) is 35.9 Å². The van der Waals surface area contributed by atoms with Crippen molar-refractivity contribution >= 4 is 40.3 Å². The third-order valence-corrected chi connectivity index (χ3v) is 7.00. The minimum Gasteiger partial charge on any atom is -0.372 e. The van der Waals surface area contributed by atoms with Crippen molar-refractivity contribution in [2.75, 3.05) is 24.5 Å². The van der Waals surface area contributed by atoms with Crippen LogP contribution in [0.2, 0.25) is 0 Å². The van der Waals surface area contributed by atoms with Gasteiger partial charge in [-0.3, -0.25) is 9.69 Å². The maximum absolute atomic E-state index is 13.4. The van der Waals surface area contributed by atoms with Crippen molar-refractivity contribution in [3.05, 3.63) is 101 Å². The van der Waals surface area contributed by atoms with Crippen molar-refractivity contribution in [2.24, 2.45) is 4.99 Å². The van der Waals surface area contributed by atoms with Crippen molar-refractivity contribution in [1.82, 2.24) is 4.90 Å². The Morgan fingerprint density at radius 3 is 2.21 bits per heavy atom. The van der Waals surface area contributed by atoms with Gasteiger partial charge in [-0.25, -0.2) is 4.99 Å². The first-order valence-corrected chi connectivity index (χ1v) is 12.3. The zero-order valence-corrected chi connectivity index (χ0v) is 19.4. The normalized spacial score (nSPS) is 18.6. The molecule has 2 heterocycles. The summed E-state index contributed by atoms with van der Waals surface area (Å²) in [5.41, 5.74) is 4.37. The van der Waals surface area contributed by atoms with Crippen molar-refractivity contribution in [1.29, 1.82) is 0 Å². The topological polar surface area (TPSA) is 35.9 Å². The second-order valence-electron chi connectivity index (χ2n) is 8.32. The maximum atomic E-state index is 13.4. The molecule has 2 fully saturated rings. The van der Waals surface area contributed by atoms with E-state index in [0.29, 0.717) is 11.4 Å². The Kier molecular flexibility index (Phi) is 6.58. The molecule has 5 heteroatoms. The fraction of sp³-hybridized carbons (Fsp3) is 0.214. The molecule has 1 amide bonds. The molecule has 33 heavy (non-hydrogen) atoms. The molecule has 0 unspecified atom stereocenters. The Labute approximate surface area is 199 Å². The number of thioether (sulfide) groups is 1. The summed E-state index contributed by atoms with van der Waals surface area (Å²) in [6, 6.07) is 28.6. The summed E-state index contributed by atoms with van der Waals surface area (Å²) in [7, 11) is 0. The number of nitrogens with zero attached hydrogens (tertiary/aromatic N) is 3. The minimum atomic E-state index is 0.0224. The molecule has 0 atom stereocenters. The first kappa shape index (κ1) is 21.5. The third kappa shape index (κ3) is 5.20. The predicted octanol–water partition coefficient (Wildman–Crippen LogP) is 6.13. The van der Waals surface area contributed by atoms with Crippen LogP contribution in [0.1, 0.15) is 24.0 Å². The van der Waals surface area contributed by atoms with E-state index in [9.17, 15) is 4.79 Å². The number of hydrogen-bond donors (Lipinski definition) is 0. The molecular formula is C28H27N3OS. The lowest BCUT2D eigenvalue weighted by atomic mass is 10.1. The fourth-order valence-electron chi connectivity index (χ4n) is 4.20. The summed E-state index contributed by atoms with van der Waals surface area (Å²) < 4.78 is 0. The molecule has 0 bridgehead atoms. The van der Waals surface area contributed by atoms with Crippen LogP contribution in [0, 0.1) is 0 Å². The van der Waals surface area contributed by atoms with Gasteiger partial charge in [0, 0.05) is 25.3 Å². The van der Waals surface area contributed by atoms with Crippen LogP contribution in [0.3, 0.4) is 0 Å². The van der Waals surface area contributed by atoms with E-state index in [4.69, 9.17) is 4.99 Å². The molecule has 2 saturated heterocycles. The molecule has 2 aliphatic rings. The molecule has 3 aromatic rings. The number of amides is 1. The van der Waals surface area contributed by atoms with Crippen LogP contribution in [0.5, 0.6) is 0 Å². The molecule has 3 aromatic carbocycles. The van der Waals surface area contributed by atoms with E-state index in [1.54, 1.807) is 0 Å². The van der Waals surface area contributed by atoms with Crippen LogP contribution in [0.15, 0.2) is 94.8 Å². The van der Waals surface area contributed by atoms with Crippen LogP contribution in [-0.4, -0.2) is 35.6 Å². The standard InChI is InChI=1S/C28H27N3OS/c32-27-26(21-23-13-15-25(16-14-23)30-18-7-8-19-30)33-28(29-24-11-5-2-6-12-24)31(27)20-17-22-9-3-1-4-10-22/h1-6,9-16,21H,7-8,17-20H2/b26-21-,29-28?. The van der Waals surface area contributed by atoms with E-state index in [2.05, 4.69) is 41.3 Å². The fourth-order valence-corrected chi connectivity index (χ4v) is 5.22. The van der Waals surface area contributed by atoms with E-state index >= 15 is 0 Å². The summed E-state index contributed by atoms with van der Waals surface area (Å²) in [5.74, 6) is 0.0224. The molecule has 0 saturated carbocycles. The third-order valence-electron chi connectivity index (χ3n) is 6.00. The average molecular weight is 454 g/mol. The molecule has 0 spiro atoms. The lowest BCUT2D eigenvalue weighted by Crippen LogP contribution is -2.31. The first-order valence-electron chi connectivity index (χ1n) is 11.5. The molecular weight excluding hydrogens is 426 g/mol. The van der Waals surface area contributed by atoms with Gasteiger partial charge in [0.2, 0.25) is 0 Å². The van der Waals surface area contributed by atoms with Crippen LogP contribution >= 0.6 is 11.8 Å². The second kappa shape index (κ2) is 10.1. The zero-order valence-electron chi connectivity index (χ0n) is 18.6. The highest BCUT2D eigenvalue weighted by Gasteiger charge is 2.33. The van der Waals surface area contributed by atoms with Crippen LogP contribution in [0.25, 0.3) is 6.08 Å². The van der Waals surface area contributed by atoms with Gasteiger partial charge in [-0.2, -0.15) is 0 Å². The van der Waals surface area contributed by atoms with Crippen molar-refractivity contribution in [3.63, 3.8) is 0 Å². The SMILES string of the molecule is O=C1/C(=C/c2ccc(N3CCCC3)cc2)SC(=Nc2ccccc2)N1CCc1ccccc1. The van der Waals surface area contributed by atoms with Gasteiger partial charge in [-0.1, -0.05) is 60.7 Å². The number of para-hydroxylation sites is 1. The molecule has 4 nitrogen and oxygen atoms in total. The number of carbonyl (C=O) groups excluding carboxylic acids is 1. The Morgan fingerprint density at radius 2 is 1.52 bits per heavy atom. The number of benzene rings is 3. The Hall–Kier alpha value is -3.31. The van der Waals surface area contributed by atoms with Gasteiger partial charge in [0.25, 0.3) is 5.91 Å². The van der Waals surface area contributed by atoms with Gasteiger partial charge in [-0.05, 0) is 72.5 Å². The smallest absolute Gasteiger partial charge is 0.266 e. The molecule has 0 aromatic heterocycles. The lowest BCUT2D eigenvalue weighted by Gasteiger charge is -2.17. The van der Waals surface area contributed by atoms with E-state index < -0.39 is 0 Å². The van der Waals surface area contributed by atoms with Gasteiger partial charge < -0.3 is 4.90 Å². The molecule has 0 radical (unpaired) electrons. The number of amidine groups is 1. The Morgan fingerprint density at radius 1 is 0.848 bits per heavy atom. The van der Waals surface area contributed by atoms with Gasteiger partial charge in [0.15, 0.2) is 5.17 Å². The monoisotopic (exact) mass is 453 g/mol. The van der Waals surface area contributed by atoms with Gasteiger partial charge >= 0.3 is 0 Å². The van der Waals surface area contributed by atoms with Crippen molar-refractivity contribution < 1.29 is 4.79 Å². The first-order chi connectivity index (χ1) is 16.3. The zero-order chi connectivity index (χ0) is 22.5. The molecule has 5 rings (SSSR count). The Bertz CT molecular complexity index is 1150. The highest BCUT2D eigenvalue weighted by atomic mass is 32.2. The van der Waals surface area contributed by atoms with Crippen LogP contribution in [-0.2, 0) is 11.2 Å². The number of anilines is 1. The van der Waals surface area contributed by atoms with Crippen molar-refractivity contribution in [2.45, 2.75) is 19.3 Å². The number of hydrogen-bond acceptors (Lipinski definition) is 4. The molecule has 166 valence electrons. The van der Waals surface area contributed by atoms with Gasteiger partial charge in [0.05, 0.1) is 10.6 Å². The Balaban J connectivity index is 1.38. The average Bonchev–Trinajstić information content (AvgIpc) is 3.49. The van der Waals surface area contributed by atoms with Gasteiger partial charge in [-0.15, -0.1) is 0 Å². The minimum absolute atomic E-state index is 0.0224. The highest BCUT2D eigenvalue weighted by Crippen LogP contribution is 2.34. The maximum Gasteiger partial charge on any atom is 0.266 e. The summed E-state index contributed by atoms with van der Waals surface area (Å²) in [6.45, 7) is 2.86. The summed E-state index contributed by atoms with van der Waals surface area (Å²) in [5, 5.41) is 0.738. The van der Waals surface area contributed by atoms with Crippen LogP contribution in [0.4, 0.5) is 11.4 Å². The number of aliphatic imine (C=N–C) groups is 1. The lowest BCUT2D eigenvalue weighted by molar-refractivity contribution is -0.122. The highest BCUT2D eigenvalue weighted by molar-refractivity contribution is 8.18. The largest absolute Gasteiger partial charge is 0.372 e. The van der Waals surface area contributed by atoms with E-state index in [1.165, 1.54) is 35.9 Å². The van der Waals surface area contributed by atoms with Crippen LogP contribution < -0.4 is 4.90 Å². The quantitative estimate of drug-likeness (QED) is 0.421. The predicted molar refractivity (Wildman–Crippen MR) is 139 cm³/mol. The van der Waals surface area contributed by atoms with Crippen molar-refractivity contribution in [3.8, 4) is 0 Å².